The number of amides is 2. The van der Waals surface area contributed by atoms with E-state index in [0.29, 0.717) is 31.3 Å². The zero-order valence-electron chi connectivity index (χ0n) is 16.0. The lowest BCUT2D eigenvalue weighted by Crippen LogP contribution is -2.41. The fraction of sp³-hybridized carbons (Fsp3) is 0.304. The van der Waals surface area contributed by atoms with Crippen LogP contribution in [0.4, 0.5) is 4.39 Å². The van der Waals surface area contributed by atoms with Crippen LogP contribution in [0.3, 0.4) is 0 Å². The van der Waals surface area contributed by atoms with E-state index in [1.165, 1.54) is 18.2 Å². The Morgan fingerprint density at radius 3 is 2.48 bits per heavy atom. The van der Waals surface area contributed by atoms with Crippen LogP contribution in [0.2, 0.25) is 0 Å². The number of morpholine rings is 1. The van der Waals surface area contributed by atoms with Crippen molar-refractivity contribution in [2.24, 2.45) is 0 Å². The number of nitrogens with one attached hydrogen (secondary N) is 1. The topological polar surface area (TPSA) is 58.6 Å². The maximum atomic E-state index is 13.1. The van der Waals surface area contributed by atoms with E-state index in [4.69, 9.17) is 4.74 Å². The molecule has 1 aliphatic carbocycles. The third-order valence-corrected chi connectivity index (χ3v) is 5.12. The molecule has 6 heteroatoms. The van der Waals surface area contributed by atoms with Crippen LogP contribution in [0.1, 0.15) is 40.4 Å². The van der Waals surface area contributed by atoms with E-state index in [1.54, 1.807) is 35.2 Å². The van der Waals surface area contributed by atoms with Gasteiger partial charge >= 0.3 is 0 Å². The van der Waals surface area contributed by atoms with E-state index < -0.39 is 0 Å². The lowest BCUT2D eigenvalue weighted by molar-refractivity contribution is -0.133. The first-order valence-corrected chi connectivity index (χ1v) is 9.83. The van der Waals surface area contributed by atoms with Gasteiger partial charge in [0.05, 0.1) is 13.2 Å². The fourth-order valence-electron chi connectivity index (χ4n) is 3.24. The van der Waals surface area contributed by atoms with Gasteiger partial charge in [0, 0.05) is 24.2 Å². The predicted molar refractivity (Wildman–Crippen MR) is 108 cm³/mol. The van der Waals surface area contributed by atoms with Crippen molar-refractivity contribution in [3.63, 3.8) is 0 Å². The molecule has 4 rings (SSSR count). The zero-order valence-corrected chi connectivity index (χ0v) is 16.0. The van der Waals surface area contributed by atoms with Crippen molar-refractivity contribution in [3.05, 3.63) is 77.1 Å². The van der Waals surface area contributed by atoms with Gasteiger partial charge in [0.15, 0.2) is 0 Å². The number of ether oxygens (including phenoxy) is 1. The summed E-state index contributed by atoms with van der Waals surface area (Å²) in [4.78, 5) is 26.3. The van der Waals surface area contributed by atoms with Crippen LogP contribution < -0.4 is 5.32 Å². The minimum atomic E-state index is -0.295. The summed E-state index contributed by atoms with van der Waals surface area (Å²) in [5.41, 5.74) is 2.33. The predicted octanol–water partition coefficient (Wildman–Crippen LogP) is 3.33. The molecule has 1 saturated heterocycles. The van der Waals surface area contributed by atoms with Crippen LogP contribution in [0, 0.1) is 5.82 Å². The highest BCUT2D eigenvalue weighted by Gasteiger charge is 2.25. The smallest absolute Gasteiger partial charge is 0.251 e. The standard InChI is InChI=1S/C23H23FN2O3/c24-19-8-6-17(7-9-19)21-15-26(13-14-29-21)22(27)12-3-16-1-4-18(5-2-16)23(28)25-20-10-11-20/h1-9,12,20-21H,10-11,13-15H2,(H,25,28)/b12-3+. The summed E-state index contributed by atoms with van der Waals surface area (Å²) in [7, 11) is 0. The normalized spacial score (nSPS) is 19.3. The molecular formula is C23H23FN2O3. The van der Waals surface area contributed by atoms with Crippen LogP contribution in [-0.4, -0.2) is 42.5 Å². The quantitative estimate of drug-likeness (QED) is 0.792. The molecule has 1 N–H and O–H groups in total. The third kappa shape index (κ3) is 5.09. The van der Waals surface area contributed by atoms with Gasteiger partial charge in [-0.1, -0.05) is 24.3 Å². The van der Waals surface area contributed by atoms with Crippen molar-refractivity contribution < 1.29 is 18.7 Å². The summed E-state index contributed by atoms with van der Waals surface area (Å²) in [6.45, 7) is 1.38. The Labute approximate surface area is 169 Å². The van der Waals surface area contributed by atoms with Gasteiger partial charge in [-0.25, -0.2) is 4.39 Å². The van der Waals surface area contributed by atoms with Crippen molar-refractivity contribution in [1.82, 2.24) is 10.2 Å². The van der Waals surface area contributed by atoms with Gasteiger partial charge < -0.3 is 15.0 Å². The fourth-order valence-corrected chi connectivity index (χ4v) is 3.24. The molecule has 2 aliphatic rings. The van der Waals surface area contributed by atoms with Crippen LogP contribution in [0.15, 0.2) is 54.6 Å². The van der Waals surface area contributed by atoms with Crippen LogP contribution >= 0.6 is 0 Å². The van der Waals surface area contributed by atoms with Crippen molar-refractivity contribution in [2.75, 3.05) is 19.7 Å². The first kappa shape index (κ1) is 19.3. The third-order valence-electron chi connectivity index (χ3n) is 5.12. The summed E-state index contributed by atoms with van der Waals surface area (Å²) in [5.74, 6) is -0.452. The highest BCUT2D eigenvalue weighted by atomic mass is 19.1. The Morgan fingerprint density at radius 1 is 1.07 bits per heavy atom. The van der Waals surface area contributed by atoms with Crippen LogP contribution in [-0.2, 0) is 9.53 Å². The average Bonchev–Trinajstić information content (AvgIpc) is 3.57. The van der Waals surface area contributed by atoms with Gasteiger partial charge in [-0.3, -0.25) is 9.59 Å². The van der Waals surface area contributed by atoms with Crippen LogP contribution in [0.25, 0.3) is 6.08 Å². The highest BCUT2D eigenvalue weighted by molar-refractivity contribution is 5.95. The minimum absolute atomic E-state index is 0.0562. The van der Waals surface area contributed by atoms with E-state index in [0.717, 1.165) is 24.0 Å². The largest absolute Gasteiger partial charge is 0.370 e. The summed E-state index contributed by atoms with van der Waals surface area (Å²) in [5, 5.41) is 2.95. The zero-order chi connectivity index (χ0) is 20.2. The van der Waals surface area contributed by atoms with Crippen LogP contribution in [0.5, 0.6) is 0 Å². The second kappa shape index (κ2) is 8.57. The van der Waals surface area contributed by atoms with E-state index in [1.807, 2.05) is 12.1 Å². The molecule has 2 aromatic rings. The monoisotopic (exact) mass is 394 g/mol. The molecule has 5 nitrogen and oxygen atoms in total. The molecule has 0 bridgehead atoms. The number of rotatable bonds is 5. The molecule has 0 aromatic heterocycles. The SMILES string of the molecule is O=C(NC1CC1)c1ccc(/C=C/C(=O)N2CCOC(c3ccc(F)cc3)C2)cc1. The molecule has 0 spiro atoms. The van der Waals surface area contributed by atoms with Crippen molar-refractivity contribution in [3.8, 4) is 0 Å². The molecule has 1 heterocycles. The van der Waals surface area contributed by atoms with Crippen molar-refractivity contribution in [2.45, 2.75) is 25.0 Å². The van der Waals surface area contributed by atoms with Crippen molar-refractivity contribution >= 4 is 17.9 Å². The van der Waals surface area contributed by atoms with E-state index in [9.17, 15) is 14.0 Å². The Hall–Kier alpha value is -2.99. The number of halogens is 1. The van der Waals surface area contributed by atoms with Crippen molar-refractivity contribution in [1.29, 1.82) is 0 Å². The number of nitrogens with zero attached hydrogens (tertiary/aromatic N) is 1. The molecule has 2 aromatic carbocycles. The van der Waals surface area contributed by atoms with Gasteiger partial charge in [0.1, 0.15) is 11.9 Å². The first-order chi connectivity index (χ1) is 14.1. The minimum Gasteiger partial charge on any atom is -0.370 e. The molecule has 29 heavy (non-hydrogen) atoms. The lowest BCUT2D eigenvalue weighted by Gasteiger charge is -2.32. The molecule has 0 radical (unpaired) electrons. The van der Waals surface area contributed by atoms with E-state index in [-0.39, 0.29) is 23.7 Å². The molecule has 1 saturated carbocycles. The summed E-state index contributed by atoms with van der Waals surface area (Å²) in [6, 6.07) is 13.7. The van der Waals surface area contributed by atoms with E-state index >= 15 is 0 Å². The van der Waals surface area contributed by atoms with E-state index in [2.05, 4.69) is 5.32 Å². The number of carbonyl (C=O) groups excluding carboxylic acids is 2. The van der Waals surface area contributed by atoms with Gasteiger partial charge in [-0.2, -0.15) is 0 Å². The Kier molecular flexibility index (Phi) is 5.71. The van der Waals surface area contributed by atoms with Gasteiger partial charge in [-0.05, 0) is 54.3 Å². The number of benzene rings is 2. The molecule has 1 aliphatic heterocycles. The molecule has 2 amide bonds. The second-order valence-corrected chi connectivity index (χ2v) is 7.40. The first-order valence-electron chi connectivity index (χ1n) is 9.83. The molecular weight excluding hydrogens is 371 g/mol. The molecule has 1 unspecified atom stereocenters. The Bertz CT molecular complexity index is 905. The molecule has 150 valence electrons. The summed E-state index contributed by atoms with van der Waals surface area (Å²) < 4.78 is 18.8. The second-order valence-electron chi connectivity index (χ2n) is 7.40. The molecule has 2 fully saturated rings. The number of hydrogen-bond acceptors (Lipinski definition) is 3. The van der Waals surface area contributed by atoms with Gasteiger partial charge in [0.2, 0.25) is 5.91 Å². The average molecular weight is 394 g/mol. The Balaban J connectivity index is 1.34. The lowest BCUT2D eigenvalue weighted by atomic mass is 10.1. The number of hydrogen-bond donors (Lipinski definition) is 1. The maximum Gasteiger partial charge on any atom is 0.251 e. The summed E-state index contributed by atoms with van der Waals surface area (Å²) >= 11 is 0. The number of carbonyl (C=O) groups is 2. The highest BCUT2D eigenvalue weighted by Crippen LogP contribution is 2.23. The summed E-state index contributed by atoms with van der Waals surface area (Å²) in [6.07, 6.45) is 5.13. The van der Waals surface area contributed by atoms with Gasteiger partial charge in [-0.15, -0.1) is 0 Å². The Morgan fingerprint density at radius 2 is 1.79 bits per heavy atom. The van der Waals surface area contributed by atoms with Gasteiger partial charge in [0.25, 0.3) is 5.91 Å². The maximum absolute atomic E-state index is 13.1. The molecule has 1 atom stereocenters.